The van der Waals surface area contributed by atoms with Gasteiger partial charge in [-0.2, -0.15) is 5.10 Å². The minimum absolute atomic E-state index is 0.117. The number of nitrogens with one attached hydrogen (secondary N) is 2. The summed E-state index contributed by atoms with van der Waals surface area (Å²) in [6.45, 7) is 2.01. The van der Waals surface area contributed by atoms with Gasteiger partial charge in [0.25, 0.3) is 23.2 Å². The smallest absolute Gasteiger partial charge is 0.343 e. The Balaban J connectivity index is 1.34. The zero-order chi connectivity index (χ0) is 31.6. The van der Waals surface area contributed by atoms with Crippen LogP contribution in [-0.4, -0.2) is 40.5 Å². The minimum Gasteiger partial charge on any atom is -0.490 e. The summed E-state index contributed by atoms with van der Waals surface area (Å²) in [5.74, 6) is -1.36. The number of nitro benzene ring substituents is 2. The van der Waals surface area contributed by atoms with Gasteiger partial charge in [0.05, 0.1) is 28.2 Å². The van der Waals surface area contributed by atoms with Crippen molar-refractivity contribution in [2.75, 3.05) is 11.9 Å². The van der Waals surface area contributed by atoms with Crippen molar-refractivity contribution in [2.24, 2.45) is 5.10 Å². The van der Waals surface area contributed by atoms with Gasteiger partial charge >= 0.3 is 5.97 Å². The molecule has 0 aliphatic heterocycles. The number of non-ortho nitro benzene ring substituents is 2. The van der Waals surface area contributed by atoms with Gasteiger partial charge in [0.2, 0.25) is 0 Å². The number of ether oxygens (including phenoxy) is 2. The van der Waals surface area contributed by atoms with E-state index >= 15 is 0 Å². The van der Waals surface area contributed by atoms with Crippen LogP contribution in [0.15, 0.2) is 96.1 Å². The molecule has 0 fully saturated rings. The van der Waals surface area contributed by atoms with Crippen molar-refractivity contribution in [3.05, 3.63) is 133 Å². The van der Waals surface area contributed by atoms with Crippen LogP contribution in [-0.2, 0) is 0 Å². The molecule has 0 spiro atoms. The van der Waals surface area contributed by atoms with E-state index in [1.165, 1.54) is 85.1 Å². The molecule has 0 aliphatic carbocycles. The van der Waals surface area contributed by atoms with Crippen molar-refractivity contribution in [3.63, 3.8) is 0 Å². The Bertz CT molecular complexity index is 1740. The third-order valence-corrected chi connectivity index (χ3v) is 5.91. The molecule has 2 amide bonds. The van der Waals surface area contributed by atoms with Crippen LogP contribution in [0, 0.1) is 20.2 Å². The fraction of sp³-hybridized carbons (Fsp3) is 0.0667. The van der Waals surface area contributed by atoms with Gasteiger partial charge in [0.1, 0.15) is 0 Å². The number of carbonyl (C=O) groups excluding carboxylic acids is 3. The Morgan fingerprint density at radius 2 is 1.30 bits per heavy atom. The minimum atomic E-state index is -0.730. The van der Waals surface area contributed by atoms with E-state index < -0.39 is 27.6 Å². The average molecular weight is 598 g/mol. The van der Waals surface area contributed by atoms with E-state index in [4.69, 9.17) is 9.47 Å². The summed E-state index contributed by atoms with van der Waals surface area (Å²) in [6, 6.07) is 20.7. The lowest BCUT2D eigenvalue weighted by atomic mass is 10.1. The van der Waals surface area contributed by atoms with Crippen molar-refractivity contribution in [1.29, 1.82) is 0 Å². The van der Waals surface area contributed by atoms with Crippen LogP contribution >= 0.6 is 0 Å². The molecule has 0 saturated carbocycles. The third kappa shape index (κ3) is 7.85. The SMILES string of the molecule is CCOc1cc(/C=N\NC(=O)c2ccc(NC(=O)c3ccc([N+](=O)[O-])cc3)cc2)ccc1OC(=O)c1ccc([N+](=O)[O-])cc1. The number of hydrazone groups is 1. The number of rotatable bonds is 11. The zero-order valence-corrected chi connectivity index (χ0v) is 23.0. The Kier molecular flexibility index (Phi) is 9.68. The van der Waals surface area contributed by atoms with Crippen LogP contribution < -0.4 is 20.2 Å². The molecule has 14 nitrogen and oxygen atoms in total. The molecule has 222 valence electrons. The summed E-state index contributed by atoms with van der Waals surface area (Å²) in [6.07, 6.45) is 1.36. The summed E-state index contributed by atoms with van der Waals surface area (Å²) < 4.78 is 11.0. The van der Waals surface area contributed by atoms with E-state index in [0.29, 0.717) is 11.3 Å². The fourth-order valence-electron chi connectivity index (χ4n) is 3.71. The second-order valence-corrected chi connectivity index (χ2v) is 8.87. The quantitative estimate of drug-likeness (QED) is 0.0774. The van der Waals surface area contributed by atoms with Crippen molar-refractivity contribution < 1.29 is 33.7 Å². The van der Waals surface area contributed by atoms with Crippen LogP contribution in [0.5, 0.6) is 11.5 Å². The lowest BCUT2D eigenvalue weighted by Gasteiger charge is -2.11. The molecule has 0 bridgehead atoms. The van der Waals surface area contributed by atoms with E-state index in [2.05, 4.69) is 15.8 Å². The van der Waals surface area contributed by atoms with E-state index in [1.807, 2.05) is 0 Å². The van der Waals surface area contributed by atoms with Gasteiger partial charge < -0.3 is 14.8 Å². The Labute approximate surface area is 249 Å². The van der Waals surface area contributed by atoms with Crippen molar-refractivity contribution in [3.8, 4) is 11.5 Å². The molecule has 14 heteroatoms. The maximum Gasteiger partial charge on any atom is 0.343 e. The van der Waals surface area contributed by atoms with Crippen molar-refractivity contribution in [2.45, 2.75) is 6.92 Å². The molecule has 0 aliphatic rings. The maximum absolute atomic E-state index is 12.5. The molecule has 0 radical (unpaired) electrons. The predicted molar refractivity (Wildman–Crippen MR) is 158 cm³/mol. The number of anilines is 1. The van der Waals surface area contributed by atoms with E-state index in [1.54, 1.807) is 19.1 Å². The number of carbonyl (C=O) groups is 3. The van der Waals surface area contributed by atoms with Gasteiger partial charge in [0, 0.05) is 41.1 Å². The molecule has 44 heavy (non-hydrogen) atoms. The Morgan fingerprint density at radius 3 is 1.86 bits per heavy atom. The molecule has 0 unspecified atom stereocenters. The summed E-state index contributed by atoms with van der Waals surface area (Å²) in [5.41, 5.74) is 3.65. The molecule has 0 heterocycles. The van der Waals surface area contributed by atoms with E-state index in [-0.39, 0.29) is 46.2 Å². The average Bonchev–Trinajstić information content (AvgIpc) is 3.02. The molecule has 0 aromatic heterocycles. The molecule has 0 saturated heterocycles. The predicted octanol–water partition coefficient (Wildman–Crippen LogP) is 5.14. The highest BCUT2D eigenvalue weighted by atomic mass is 16.6. The number of nitro groups is 2. The van der Waals surface area contributed by atoms with Crippen LogP contribution in [0.2, 0.25) is 0 Å². The van der Waals surface area contributed by atoms with Gasteiger partial charge in [-0.1, -0.05) is 0 Å². The van der Waals surface area contributed by atoms with Gasteiger partial charge in [-0.05, 0) is 79.2 Å². The number of amides is 2. The number of nitrogens with zero attached hydrogens (tertiary/aromatic N) is 3. The summed E-state index contributed by atoms with van der Waals surface area (Å²) in [7, 11) is 0. The maximum atomic E-state index is 12.5. The van der Waals surface area contributed by atoms with Crippen molar-refractivity contribution >= 4 is 41.1 Å². The second kappa shape index (κ2) is 14.0. The van der Waals surface area contributed by atoms with Crippen LogP contribution in [0.3, 0.4) is 0 Å². The highest BCUT2D eigenvalue weighted by Gasteiger charge is 2.15. The molecule has 4 rings (SSSR count). The molecular formula is C30H23N5O9. The number of hydrogen-bond acceptors (Lipinski definition) is 10. The van der Waals surface area contributed by atoms with Gasteiger partial charge in [-0.3, -0.25) is 29.8 Å². The first-order valence-corrected chi connectivity index (χ1v) is 12.9. The number of hydrogen-bond donors (Lipinski definition) is 2. The Hall–Kier alpha value is -6.44. The topological polar surface area (TPSA) is 192 Å². The Morgan fingerprint density at radius 1 is 0.750 bits per heavy atom. The molecular weight excluding hydrogens is 574 g/mol. The first-order valence-electron chi connectivity index (χ1n) is 12.9. The van der Waals surface area contributed by atoms with Gasteiger partial charge in [-0.25, -0.2) is 10.2 Å². The van der Waals surface area contributed by atoms with E-state index in [9.17, 15) is 34.6 Å². The first kappa shape index (κ1) is 30.5. The highest BCUT2D eigenvalue weighted by molar-refractivity contribution is 6.04. The molecule has 0 atom stereocenters. The monoisotopic (exact) mass is 597 g/mol. The summed E-state index contributed by atoms with van der Waals surface area (Å²) in [5, 5.41) is 28.2. The second-order valence-electron chi connectivity index (χ2n) is 8.87. The molecule has 4 aromatic rings. The largest absolute Gasteiger partial charge is 0.490 e. The van der Waals surface area contributed by atoms with Crippen LogP contribution in [0.4, 0.5) is 17.1 Å². The van der Waals surface area contributed by atoms with Gasteiger partial charge in [0.15, 0.2) is 11.5 Å². The highest BCUT2D eigenvalue weighted by Crippen LogP contribution is 2.29. The number of benzene rings is 4. The summed E-state index contributed by atoms with van der Waals surface area (Å²) in [4.78, 5) is 57.9. The van der Waals surface area contributed by atoms with Crippen LogP contribution in [0.25, 0.3) is 0 Å². The standard InChI is InChI=1S/C30H23N5O9/c1-2-43-27-17-19(3-16-26(27)44-30(38)22-8-14-25(15-9-22)35(41)42)18-31-33-29(37)21-4-10-23(11-5-21)32-28(36)20-6-12-24(13-7-20)34(39)40/h3-18H,2H2,1H3,(H,32,36)(H,33,37)/b31-18-. The normalized spacial score (nSPS) is 10.6. The number of esters is 1. The molecule has 2 N–H and O–H groups in total. The van der Waals surface area contributed by atoms with Gasteiger partial charge in [-0.15, -0.1) is 0 Å². The zero-order valence-electron chi connectivity index (χ0n) is 23.0. The van der Waals surface area contributed by atoms with Crippen LogP contribution in [0.1, 0.15) is 43.6 Å². The lowest BCUT2D eigenvalue weighted by molar-refractivity contribution is -0.385. The first-order chi connectivity index (χ1) is 21.1. The van der Waals surface area contributed by atoms with E-state index in [0.717, 1.165) is 0 Å². The summed E-state index contributed by atoms with van der Waals surface area (Å²) >= 11 is 0. The van der Waals surface area contributed by atoms with Crippen molar-refractivity contribution in [1.82, 2.24) is 5.43 Å². The lowest BCUT2D eigenvalue weighted by Crippen LogP contribution is -2.18. The molecule has 4 aromatic carbocycles. The third-order valence-electron chi connectivity index (χ3n) is 5.91. The fourth-order valence-corrected chi connectivity index (χ4v) is 3.71.